The van der Waals surface area contributed by atoms with Gasteiger partial charge in [0.05, 0.1) is 0 Å². The average molecular weight is 224 g/mol. The Kier molecular flexibility index (Phi) is 2.65. The van der Waals surface area contributed by atoms with E-state index in [0.717, 1.165) is 0 Å². The van der Waals surface area contributed by atoms with Crippen molar-refractivity contribution in [2.45, 2.75) is 11.1 Å². The van der Waals surface area contributed by atoms with Gasteiger partial charge in [-0.1, -0.05) is 0 Å². The standard InChI is InChI=1S/C6H3F3N2O2S/c7-6(8,9)3-1-4(14)5(10-2-3)11(12)13/h1-2,14H. The van der Waals surface area contributed by atoms with Crippen LogP contribution in [0.5, 0.6) is 0 Å². The fourth-order valence-corrected chi connectivity index (χ4v) is 1.02. The average Bonchev–Trinajstić information content (AvgIpc) is 2.01. The van der Waals surface area contributed by atoms with Crippen LogP contribution in [0, 0.1) is 10.1 Å². The van der Waals surface area contributed by atoms with E-state index in [2.05, 4.69) is 17.6 Å². The highest BCUT2D eigenvalue weighted by Gasteiger charge is 2.33. The monoisotopic (exact) mass is 224 g/mol. The third-order valence-electron chi connectivity index (χ3n) is 1.35. The molecule has 0 aromatic carbocycles. The van der Waals surface area contributed by atoms with E-state index in [-0.39, 0.29) is 0 Å². The lowest BCUT2D eigenvalue weighted by Gasteiger charge is -2.04. The summed E-state index contributed by atoms with van der Waals surface area (Å²) in [5, 5.41) is 10.2. The number of nitrogens with zero attached hydrogens (tertiary/aromatic N) is 2. The third-order valence-corrected chi connectivity index (χ3v) is 1.68. The Morgan fingerprint density at radius 2 is 2.07 bits per heavy atom. The molecule has 0 atom stereocenters. The first-order valence-electron chi connectivity index (χ1n) is 3.23. The highest BCUT2D eigenvalue weighted by Crippen LogP contribution is 2.32. The van der Waals surface area contributed by atoms with Crippen molar-refractivity contribution in [2.75, 3.05) is 0 Å². The maximum Gasteiger partial charge on any atom is 0.420 e. The molecule has 0 N–H and O–H groups in total. The maximum atomic E-state index is 12.1. The second kappa shape index (κ2) is 3.45. The largest absolute Gasteiger partial charge is 0.420 e. The van der Waals surface area contributed by atoms with Crippen molar-refractivity contribution in [3.63, 3.8) is 0 Å². The number of aromatic nitrogens is 1. The normalized spacial score (nSPS) is 11.4. The summed E-state index contributed by atoms with van der Waals surface area (Å²) in [5.74, 6) is -0.693. The van der Waals surface area contributed by atoms with Crippen LogP contribution in [0.4, 0.5) is 19.0 Å². The van der Waals surface area contributed by atoms with Crippen molar-refractivity contribution in [3.05, 3.63) is 27.9 Å². The Morgan fingerprint density at radius 1 is 1.50 bits per heavy atom. The summed E-state index contributed by atoms with van der Waals surface area (Å²) in [6, 6.07) is 0.564. The molecule has 1 rings (SSSR count). The molecule has 76 valence electrons. The van der Waals surface area contributed by atoms with Gasteiger partial charge in [-0.3, -0.25) is 0 Å². The second-order valence-corrected chi connectivity index (χ2v) is 2.80. The minimum Gasteiger partial charge on any atom is -0.358 e. The van der Waals surface area contributed by atoms with E-state index in [1.165, 1.54) is 0 Å². The Labute approximate surface area is 81.3 Å². The first kappa shape index (κ1) is 10.8. The van der Waals surface area contributed by atoms with Crippen molar-refractivity contribution in [1.29, 1.82) is 0 Å². The van der Waals surface area contributed by atoms with Crippen molar-refractivity contribution in [2.24, 2.45) is 0 Å². The van der Waals surface area contributed by atoms with Crippen LogP contribution in [0.3, 0.4) is 0 Å². The molecule has 0 bridgehead atoms. The van der Waals surface area contributed by atoms with E-state index in [9.17, 15) is 23.3 Å². The summed E-state index contributed by atoms with van der Waals surface area (Å²) in [7, 11) is 0. The molecule has 0 fully saturated rings. The molecular formula is C6H3F3N2O2S. The SMILES string of the molecule is O=[N+]([O-])c1ncc(C(F)(F)F)cc1S. The van der Waals surface area contributed by atoms with Gasteiger partial charge >= 0.3 is 12.0 Å². The fourth-order valence-electron chi connectivity index (χ4n) is 0.742. The minimum absolute atomic E-state index is 0.401. The second-order valence-electron chi connectivity index (χ2n) is 2.32. The van der Waals surface area contributed by atoms with Gasteiger partial charge in [0.1, 0.15) is 10.5 Å². The van der Waals surface area contributed by atoms with Gasteiger partial charge in [0, 0.05) is 0 Å². The van der Waals surface area contributed by atoms with Crippen LogP contribution >= 0.6 is 12.6 Å². The van der Waals surface area contributed by atoms with Crippen LogP contribution in [-0.2, 0) is 6.18 Å². The number of nitro groups is 1. The highest BCUT2D eigenvalue weighted by atomic mass is 32.1. The fraction of sp³-hybridized carbons (Fsp3) is 0.167. The van der Waals surface area contributed by atoms with E-state index in [1.807, 2.05) is 0 Å². The molecule has 4 nitrogen and oxygen atoms in total. The Bertz CT molecular complexity index is 380. The number of alkyl halides is 3. The Morgan fingerprint density at radius 3 is 2.43 bits per heavy atom. The van der Waals surface area contributed by atoms with Gasteiger partial charge in [-0.2, -0.15) is 13.2 Å². The first-order chi connectivity index (χ1) is 6.32. The minimum atomic E-state index is -4.57. The van der Waals surface area contributed by atoms with Gasteiger partial charge in [0.15, 0.2) is 6.20 Å². The third kappa shape index (κ3) is 2.13. The zero-order valence-corrected chi connectivity index (χ0v) is 7.34. The zero-order valence-electron chi connectivity index (χ0n) is 6.45. The van der Waals surface area contributed by atoms with E-state index in [4.69, 9.17) is 0 Å². The van der Waals surface area contributed by atoms with Gasteiger partial charge in [-0.05, 0) is 16.0 Å². The van der Waals surface area contributed by atoms with Crippen LogP contribution in [0.15, 0.2) is 17.2 Å². The van der Waals surface area contributed by atoms with Crippen molar-refractivity contribution >= 4 is 18.4 Å². The molecule has 1 aromatic rings. The van der Waals surface area contributed by atoms with Gasteiger partial charge in [0.25, 0.3) is 0 Å². The van der Waals surface area contributed by atoms with E-state index in [0.29, 0.717) is 12.3 Å². The Hall–Kier alpha value is -1.31. The molecule has 0 aliphatic carbocycles. The summed E-state index contributed by atoms with van der Waals surface area (Å²) >= 11 is 3.53. The first-order valence-corrected chi connectivity index (χ1v) is 3.67. The molecule has 0 amide bonds. The van der Waals surface area contributed by atoms with E-state index >= 15 is 0 Å². The molecular weight excluding hydrogens is 221 g/mol. The lowest BCUT2D eigenvalue weighted by molar-refractivity contribution is -0.392. The maximum absolute atomic E-state index is 12.1. The predicted molar refractivity (Wildman–Crippen MR) is 43.1 cm³/mol. The molecule has 0 aliphatic heterocycles. The van der Waals surface area contributed by atoms with Crippen molar-refractivity contribution in [3.8, 4) is 0 Å². The van der Waals surface area contributed by atoms with Crippen LogP contribution in [-0.4, -0.2) is 9.91 Å². The van der Waals surface area contributed by atoms with Crippen LogP contribution in [0.25, 0.3) is 0 Å². The topological polar surface area (TPSA) is 56.0 Å². The molecule has 0 saturated heterocycles. The number of pyridine rings is 1. The van der Waals surface area contributed by atoms with Gasteiger partial charge in [-0.15, -0.1) is 12.6 Å². The number of hydrogen-bond donors (Lipinski definition) is 1. The highest BCUT2D eigenvalue weighted by molar-refractivity contribution is 7.80. The lowest BCUT2D eigenvalue weighted by Crippen LogP contribution is -2.06. The molecule has 0 saturated carbocycles. The molecule has 1 heterocycles. The zero-order chi connectivity index (χ0) is 10.9. The molecule has 0 radical (unpaired) electrons. The predicted octanol–water partition coefficient (Wildman–Crippen LogP) is 2.30. The van der Waals surface area contributed by atoms with Gasteiger partial charge < -0.3 is 10.1 Å². The van der Waals surface area contributed by atoms with Crippen molar-refractivity contribution in [1.82, 2.24) is 4.98 Å². The van der Waals surface area contributed by atoms with Crippen LogP contribution < -0.4 is 0 Å². The quantitative estimate of drug-likeness (QED) is 0.452. The molecule has 1 aromatic heterocycles. The van der Waals surface area contributed by atoms with Crippen LogP contribution in [0.1, 0.15) is 5.56 Å². The number of hydrogen-bond acceptors (Lipinski definition) is 4. The molecule has 0 spiro atoms. The Balaban J connectivity index is 3.20. The molecule has 14 heavy (non-hydrogen) atoms. The summed E-state index contributed by atoms with van der Waals surface area (Å²) in [6.07, 6.45) is -4.17. The summed E-state index contributed by atoms with van der Waals surface area (Å²) in [6.45, 7) is 0. The number of rotatable bonds is 1. The summed E-state index contributed by atoms with van der Waals surface area (Å²) in [5.41, 5.74) is -1.06. The van der Waals surface area contributed by atoms with Gasteiger partial charge in [0.2, 0.25) is 0 Å². The number of halogens is 3. The lowest BCUT2D eigenvalue weighted by atomic mass is 10.3. The molecule has 8 heteroatoms. The summed E-state index contributed by atoms with van der Waals surface area (Å²) in [4.78, 5) is 11.9. The number of thiol groups is 1. The molecule has 0 unspecified atom stereocenters. The van der Waals surface area contributed by atoms with Crippen LogP contribution in [0.2, 0.25) is 0 Å². The van der Waals surface area contributed by atoms with Crippen molar-refractivity contribution < 1.29 is 18.1 Å². The van der Waals surface area contributed by atoms with E-state index in [1.54, 1.807) is 0 Å². The van der Waals surface area contributed by atoms with E-state index < -0.39 is 27.4 Å². The smallest absolute Gasteiger partial charge is 0.358 e. The summed E-state index contributed by atoms with van der Waals surface area (Å²) < 4.78 is 36.2. The molecule has 0 aliphatic rings. The van der Waals surface area contributed by atoms with Gasteiger partial charge in [-0.25, -0.2) is 0 Å².